The highest BCUT2D eigenvalue weighted by Gasteiger charge is 2.06. The molecule has 1 aromatic rings. The highest BCUT2D eigenvalue weighted by atomic mass is 79.9. The molecular weight excluding hydrogens is 243 g/mol. The fourth-order valence-corrected chi connectivity index (χ4v) is 1.74. The fraction of sp³-hybridized carbons (Fsp3) is 0.333. The Morgan fingerprint density at radius 3 is 2.86 bits per heavy atom. The number of hydrogen-bond acceptors (Lipinski definition) is 0. The van der Waals surface area contributed by atoms with Crippen LogP contribution in [0, 0.1) is 23.6 Å². The maximum Gasteiger partial charge on any atom is 0.126 e. The summed E-state index contributed by atoms with van der Waals surface area (Å²) in [5, 5.41) is 0. The van der Waals surface area contributed by atoms with E-state index >= 15 is 0 Å². The van der Waals surface area contributed by atoms with Gasteiger partial charge < -0.3 is 0 Å². The van der Waals surface area contributed by atoms with Gasteiger partial charge in [-0.15, -0.1) is 11.8 Å². The molecule has 0 spiro atoms. The van der Waals surface area contributed by atoms with E-state index in [9.17, 15) is 4.39 Å². The first-order valence-electron chi connectivity index (χ1n) is 4.49. The maximum absolute atomic E-state index is 13.3. The van der Waals surface area contributed by atoms with Crippen molar-refractivity contribution in [3.8, 4) is 11.8 Å². The Labute approximate surface area is 92.7 Å². The summed E-state index contributed by atoms with van der Waals surface area (Å²) in [6.45, 7) is 3.80. The summed E-state index contributed by atoms with van der Waals surface area (Å²) < 4.78 is 14.2. The van der Waals surface area contributed by atoms with Crippen molar-refractivity contribution < 1.29 is 4.39 Å². The maximum atomic E-state index is 13.3. The van der Waals surface area contributed by atoms with Gasteiger partial charge in [0.2, 0.25) is 0 Å². The van der Waals surface area contributed by atoms with Crippen LogP contribution >= 0.6 is 15.9 Å². The van der Waals surface area contributed by atoms with Gasteiger partial charge >= 0.3 is 0 Å². The lowest BCUT2D eigenvalue weighted by Crippen LogP contribution is -1.99. The molecule has 1 atom stereocenters. The molecule has 0 nitrogen and oxygen atoms in total. The van der Waals surface area contributed by atoms with Crippen molar-refractivity contribution in [2.75, 3.05) is 0 Å². The third kappa shape index (κ3) is 3.16. The smallest absolute Gasteiger partial charge is 0.126 e. The molecule has 0 amide bonds. The van der Waals surface area contributed by atoms with Crippen LogP contribution in [0.3, 0.4) is 0 Å². The van der Waals surface area contributed by atoms with Crippen LogP contribution in [0.15, 0.2) is 22.7 Å². The lowest BCUT2D eigenvalue weighted by Gasteiger charge is -2.06. The molecule has 0 aromatic heterocycles. The first kappa shape index (κ1) is 11.3. The monoisotopic (exact) mass is 254 g/mol. The van der Waals surface area contributed by atoms with Crippen molar-refractivity contribution in [3.63, 3.8) is 0 Å². The number of rotatable bonds is 2. The van der Waals surface area contributed by atoms with Crippen LogP contribution in [-0.4, -0.2) is 0 Å². The standard InChI is InChI=1S/C12H12BrF/c1-3-4-9(2)7-10-8-11(13)5-6-12(10)14/h5-6,8-9H,7H2,1-2H3. The zero-order chi connectivity index (χ0) is 10.6. The summed E-state index contributed by atoms with van der Waals surface area (Å²) in [5.74, 6) is 5.89. The summed E-state index contributed by atoms with van der Waals surface area (Å²) in [5.41, 5.74) is 0.717. The topological polar surface area (TPSA) is 0 Å². The van der Waals surface area contributed by atoms with Gasteiger partial charge in [-0.1, -0.05) is 22.9 Å². The van der Waals surface area contributed by atoms with Gasteiger partial charge in [-0.05, 0) is 37.1 Å². The molecule has 14 heavy (non-hydrogen) atoms. The molecule has 0 aliphatic heterocycles. The zero-order valence-electron chi connectivity index (χ0n) is 8.27. The summed E-state index contributed by atoms with van der Waals surface area (Å²) in [7, 11) is 0. The quantitative estimate of drug-likeness (QED) is 0.705. The Morgan fingerprint density at radius 1 is 1.50 bits per heavy atom. The minimum atomic E-state index is -0.155. The van der Waals surface area contributed by atoms with Crippen LogP contribution in [0.4, 0.5) is 4.39 Å². The van der Waals surface area contributed by atoms with Gasteiger partial charge in [0.1, 0.15) is 5.82 Å². The first-order valence-corrected chi connectivity index (χ1v) is 5.29. The van der Waals surface area contributed by atoms with Gasteiger partial charge in [0.05, 0.1) is 0 Å². The molecule has 0 saturated carbocycles. The Balaban J connectivity index is 2.83. The predicted octanol–water partition coefficient (Wildman–Crippen LogP) is 3.79. The van der Waals surface area contributed by atoms with Crippen LogP contribution in [-0.2, 0) is 6.42 Å². The van der Waals surface area contributed by atoms with Gasteiger partial charge in [0.25, 0.3) is 0 Å². The van der Waals surface area contributed by atoms with E-state index < -0.39 is 0 Å². The molecule has 1 aromatic carbocycles. The van der Waals surface area contributed by atoms with E-state index in [4.69, 9.17) is 0 Å². The molecule has 0 fully saturated rings. The first-order chi connectivity index (χ1) is 6.63. The summed E-state index contributed by atoms with van der Waals surface area (Å²) >= 11 is 3.32. The molecule has 0 heterocycles. The second kappa shape index (κ2) is 5.17. The summed E-state index contributed by atoms with van der Waals surface area (Å²) in [6.07, 6.45) is 0.659. The molecule has 0 aliphatic rings. The molecule has 0 aliphatic carbocycles. The van der Waals surface area contributed by atoms with E-state index in [0.717, 1.165) is 10.0 Å². The highest BCUT2D eigenvalue weighted by Crippen LogP contribution is 2.18. The van der Waals surface area contributed by atoms with Crippen molar-refractivity contribution in [1.82, 2.24) is 0 Å². The van der Waals surface area contributed by atoms with Crippen LogP contribution in [0.5, 0.6) is 0 Å². The number of benzene rings is 1. The lowest BCUT2D eigenvalue weighted by molar-refractivity contribution is 0.595. The Hall–Kier alpha value is -0.810. The van der Waals surface area contributed by atoms with Crippen molar-refractivity contribution in [2.24, 2.45) is 5.92 Å². The van der Waals surface area contributed by atoms with Crippen molar-refractivity contribution in [1.29, 1.82) is 0 Å². The lowest BCUT2D eigenvalue weighted by atomic mass is 10.0. The minimum Gasteiger partial charge on any atom is -0.207 e. The molecular formula is C12H12BrF. The normalized spacial score (nSPS) is 11.7. The SMILES string of the molecule is CC#CC(C)Cc1cc(Br)ccc1F. The fourth-order valence-electron chi connectivity index (χ4n) is 1.33. The molecule has 1 rings (SSSR count). The van der Waals surface area contributed by atoms with E-state index in [2.05, 4.69) is 27.8 Å². The largest absolute Gasteiger partial charge is 0.207 e. The average Bonchev–Trinajstić information content (AvgIpc) is 2.12. The molecule has 2 heteroatoms. The van der Waals surface area contributed by atoms with Gasteiger partial charge in [0, 0.05) is 10.4 Å². The Morgan fingerprint density at radius 2 is 2.21 bits per heavy atom. The van der Waals surface area contributed by atoms with Crippen molar-refractivity contribution in [3.05, 3.63) is 34.1 Å². The molecule has 0 radical (unpaired) electrons. The van der Waals surface area contributed by atoms with E-state index in [1.54, 1.807) is 13.0 Å². The van der Waals surface area contributed by atoms with Crippen molar-refractivity contribution >= 4 is 15.9 Å². The van der Waals surface area contributed by atoms with Gasteiger partial charge in [-0.25, -0.2) is 4.39 Å². The highest BCUT2D eigenvalue weighted by molar-refractivity contribution is 9.10. The minimum absolute atomic E-state index is 0.155. The Kier molecular flexibility index (Phi) is 4.16. The average molecular weight is 255 g/mol. The van der Waals surface area contributed by atoms with Crippen LogP contribution in [0.25, 0.3) is 0 Å². The van der Waals surface area contributed by atoms with Gasteiger partial charge in [0.15, 0.2) is 0 Å². The molecule has 0 bridgehead atoms. The van der Waals surface area contributed by atoms with Gasteiger partial charge in [-0.3, -0.25) is 0 Å². The van der Waals surface area contributed by atoms with E-state index in [0.29, 0.717) is 6.42 Å². The van der Waals surface area contributed by atoms with Crippen LogP contribution < -0.4 is 0 Å². The summed E-state index contributed by atoms with van der Waals surface area (Å²) in [4.78, 5) is 0. The second-order valence-corrected chi connectivity index (χ2v) is 4.15. The van der Waals surface area contributed by atoms with E-state index in [-0.39, 0.29) is 11.7 Å². The second-order valence-electron chi connectivity index (χ2n) is 3.24. The zero-order valence-corrected chi connectivity index (χ0v) is 9.86. The van der Waals surface area contributed by atoms with Crippen LogP contribution in [0.1, 0.15) is 19.4 Å². The third-order valence-electron chi connectivity index (χ3n) is 1.92. The molecule has 0 N–H and O–H groups in total. The predicted molar refractivity (Wildman–Crippen MR) is 60.4 cm³/mol. The molecule has 74 valence electrons. The third-order valence-corrected chi connectivity index (χ3v) is 2.42. The molecule has 1 unspecified atom stereocenters. The van der Waals surface area contributed by atoms with Crippen molar-refractivity contribution in [2.45, 2.75) is 20.3 Å². The summed E-state index contributed by atoms with van der Waals surface area (Å²) in [6, 6.07) is 4.99. The van der Waals surface area contributed by atoms with Gasteiger partial charge in [-0.2, -0.15) is 0 Å². The number of hydrogen-bond donors (Lipinski definition) is 0. The van der Waals surface area contributed by atoms with E-state index in [1.807, 2.05) is 13.0 Å². The molecule has 0 saturated heterocycles. The van der Waals surface area contributed by atoms with E-state index in [1.165, 1.54) is 6.07 Å². The number of halogens is 2. The van der Waals surface area contributed by atoms with Crippen LogP contribution in [0.2, 0.25) is 0 Å². The Bertz CT molecular complexity index is 374.